The zero-order valence-corrected chi connectivity index (χ0v) is 33.5. The molecule has 0 spiro atoms. The van der Waals surface area contributed by atoms with Crippen molar-refractivity contribution >= 4 is 35.5 Å². The first-order valence-corrected chi connectivity index (χ1v) is 19.4. The van der Waals surface area contributed by atoms with Crippen molar-refractivity contribution in [2.45, 2.75) is 89.1 Å². The first-order chi connectivity index (χ1) is 28.6. The van der Waals surface area contributed by atoms with E-state index in [0.717, 1.165) is 45.5 Å². The molecule has 0 bridgehead atoms. The number of halogens is 5. The summed E-state index contributed by atoms with van der Waals surface area (Å²) in [5, 5.41) is 19.2. The molecule has 2 aliphatic rings. The van der Waals surface area contributed by atoms with Crippen molar-refractivity contribution in [1.82, 2.24) is 30.4 Å². The van der Waals surface area contributed by atoms with Crippen LogP contribution >= 0.6 is 0 Å². The number of alkyl halides is 3. The Hall–Kier alpha value is -6.02. The van der Waals surface area contributed by atoms with E-state index in [1.807, 2.05) is 30.3 Å². The second kappa shape index (κ2) is 18.7. The number of amides is 5. The molecule has 5 amide bonds. The van der Waals surface area contributed by atoms with E-state index in [9.17, 15) is 55.8 Å². The van der Waals surface area contributed by atoms with Gasteiger partial charge in [0, 0.05) is 49.8 Å². The molecule has 15 nitrogen and oxygen atoms in total. The molecule has 1 aliphatic heterocycles. The van der Waals surface area contributed by atoms with Crippen LogP contribution in [0.5, 0.6) is 0 Å². The van der Waals surface area contributed by atoms with E-state index >= 15 is 0 Å². The summed E-state index contributed by atoms with van der Waals surface area (Å²) in [6.45, 7) is 3.82. The number of carbonyl (C=O) groups is 6. The van der Waals surface area contributed by atoms with E-state index in [1.54, 1.807) is 20.8 Å². The molecule has 2 heterocycles. The molecule has 5 N–H and O–H groups in total. The number of benzene rings is 2. The topological polar surface area (TPSA) is 206 Å². The Morgan fingerprint density at radius 1 is 0.984 bits per heavy atom. The van der Waals surface area contributed by atoms with Gasteiger partial charge in [0.15, 0.2) is 5.60 Å². The van der Waals surface area contributed by atoms with Gasteiger partial charge in [0.05, 0.1) is 18.3 Å². The Morgan fingerprint density at radius 2 is 1.62 bits per heavy atom. The number of hydrogen-bond donors (Lipinski definition) is 4. The predicted octanol–water partition coefficient (Wildman–Crippen LogP) is 3.27. The lowest BCUT2D eigenvalue weighted by Gasteiger charge is -2.35. The summed E-state index contributed by atoms with van der Waals surface area (Å²) in [5.74, 6) is -9.82. The van der Waals surface area contributed by atoms with E-state index < -0.39 is 95.5 Å². The van der Waals surface area contributed by atoms with Gasteiger partial charge in [-0.05, 0) is 60.8 Å². The van der Waals surface area contributed by atoms with Crippen LogP contribution in [0.3, 0.4) is 0 Å². The first kappa shape index (κ1) is 46.1. The second-order valence-electron chi connectivity index (χ2n) is 15.9. The molecule has 328 valence electrons. The number of imide groups is 1. The van der Waals surface area contributed by atoms with Gasteiger partial charge in [-0.25, -0.2) is 23.3 Å². The van der Waals surface area contributed by atoms with Crippen LogP contribution in [-0.4, -0.2) is 104 Å². The molecule has 2 aromatic carbocycles. The Morgan fingerprint density at radius 3 is 2.23 bits per heavy atom. The van der Waals surface area contributed by atoms with E-state index in [0.29, 0.717) is 10.6 Å². The minimum absolute atomic E-state index is 0.199. The lowest BCUT2D eigenvalue weighted by atomic mass is 9.73. The van der Waals surface area contributed by atoms with E-state index in [4.69, 9.17) is 10.5 Å². The first-order valence-electron chi connectivity index (χ1n) is 19.4. The third-order valence-electron chi connectivity index (χ3n) is 10.4. The van der Waals surface area contributed by atoms with Crippen LogP contribution in [0, 0.1) is 17.0 Å². The van der Waals surface area contributed by atoms with Crippen LogP contribution in [0.25, 0.3) is 5.69 Å². The van der Waals surface area contributed by atoms with Crippen LogP contribution in [0.2, 0.25) is 0 Å². The number of aromatic nitrogens is 2. The van der Waals surface area contributed by atoms with Gasteiger partial charge in [0.1, 0.15) is 23.4 Å². The van der Waals surface area contributed by atoms with Crippen molar-refractivity contribution in [3.63, 3.8) is 0 Å². The molecule has 3 aromatic rings. The van der Waals surface area contributed by atoms with Crippen LogP contribution in [0.1, 0.15) is 75.6 Å². The smallest absolute Gasteiger partial charge is 0.442 e. The minimum atomic E-state index is -5.44. The van der Waals surface area contributed by atoms with Gasteiger partial charge in [0.25, 0.3) is 23.6 Å². The standard InChI is InChI=1S/C41H46F5N7O8/c1-39(2,3)32(33-25(21-24-9-5-4-6-10-24)23-53(49-33)29-22-26(42)11-12-27(29)43)34(56)36(58)48-18-15-28(47)35(57)50-52(20-19-51-30(54)13-14-31(51)55)37(59)40(16-7-8-17-40)61-38(60)41(44,45)46/h4-6,9-14,22-23,28,32,34,56H,7-8,15-21,47H2,1-3H3,(H,48,58)(H,50,57)/t28-,32+,34-/m0/s1. The van der Waals surface area contributed by atoms with Crippen molar-refractivity contribution in [3.05, 3.63) is 95.3 Å². The van der Waals surface area contributed by atoms with Gasteiger partial charge in [0.2, 0.25) is 5.91 Å². The maximum atomic E-state index is 14.9. The summed E-state index contributed by atoms with van der Waals surface area (Å²) >= 11 is 0. The maximum Gasteiger partial charge on any atom is 0.490 e. The van der Waals surface area contributed by atoms with E-state index in [-0.39, 0.29) is 56.5 Å². The molecule has 61 heavy (non-hydrogen) atoms. The van der Waals surface area contributed by atoms with Crippen molar-refractivity contribution in [2.24, 2.45) is 11.1 Å². The minimum Gasteiger partial charge on any atom is -0.442 e. The predicted molar refractivity (Wildman–Crippen MR) is 206 cm³/mol. The number of hydrazine groups is 1. The highest BCUT2D eigenvalue weighted by molar-refractivity contribution is 6.12. The third kappa shape index (κ3) is 11.0. The molecular weight excluding hydrogens is 813 g/mol. The number of ether oxygens (including phenoxy) is 1. The molecule has 1 aliphatic carbocycles. The second-order valence-corrected chi connectivity index (χ2v) is 15.9. The molecular formula is C41H46F5N7O8. The average molecular weight is 860 g/mol. The molecule has 0 saturated heterocycles. The summed E-state index contributed by atoms with van der Waals surface area (Å²) in [6.07, 6.45) is -4.05. The molecule has 0 unspecified atom stereocenters. The summed E-state index contributed by atoms with van der Waals surface area (Å²) in [6, 6.07) is 10.5. The van der Waals surface area contributed by atoms with Crippen molar-refractivity contribution < 1.29 is 60.6 Å². The Balaban J connectivity index is 1.31. The number of rotatable bonds is 15. The Labute approximate surface area is 347 Å². The molecule has 3 atom stereocenters. The molecule has 0 radical (unpaired) electrons. The van der Waals surface area contributed by atoms with Crippen LogP contribution in [0.4, 0.5) is 22.0 Å². The fourth-order valence-electron chi connectivity index (χ4n) is 7.26. The number of nitrogens with one attached hydrogen (secondary N) is 2. The number of aliphatic hydroxyl groups is 1. The van der Waals surface area contributed by atoms with Crippen molar-refractivity contribution in [3.8, 4) is 5.69 Å². The summed E-state index contributed by atoms with van der Waals surface area (Å²) < 4.78 is 74.8. The molecule has 1 fully saturated rings. The van der Waals surface area contributed by atoms with Crippen LogP contribution in [0.15, 0.2) is 66.9 Å². The largest absolute Gasteiger partial charge is 0.490 e. The fraction of sp³-hybridized carbons (Fsp3) is 0.439. The number of carbonyl (C=O) groups excluding carboxylic acids is 6. The van der Waals surface area contributed by atoms with Crippen molar-refractivity contribution in [1.29, 1.82) is 0 Å². The van der Waals surface area contributed by atoms with E-state index in [2.05, 4.69) is 15.8 Å². The van der Waals surface area contributed by atoms with Crippen LogP contribution in [-0.2, 0) is 39.9 Å². The molecule has 5 rings (SSSR count). The zero-order valence-electron chi connectivity index (χ0n) is 33.5. The highest BCUT2D eigenvalue weighted by Crippen LogP contribution is 2.40. The summed E-state index contributed by atoms with van der Waals surface area (Å²) in [7, 11) is 0. The van der Waals surface area contributed by atoms with Gasteiger partial charge >= 0.3 is 12.1 Å². The fourth-order valence-corrected chi connectivity index (χ4v) is 7.26. The number of nitrogens with zero attached hydrogens (tertiary/aromatic N) is 4. The van der Waals surface area contributed by atoms with Gasteiger partial charge in [-0.1, -0.05) is 51.1 Å². The monoisotopic (exact) mass is 859 g/mol. The maximum absolute atomic E-state index is 14.9. The van der Waals surface area contributed by atoms with Crippen LogP contribution < -0.4 is 16.5 Å². The number of hydrogen-bond acceptors (Lipinski definition) is 10. The van der Waals surface area contributed by atoms with E-state index in [1.165, 1.54) is 6.20 Å². The molecule has 1 aromatic heterocycles. The Kier molecular flexibility index (Phi) is 14.1. The molecule has 1 saturated carbocycles. The van der Waals surface area contributed by atoms with Crippen molar-refractivity contribution in [2.75, 3.05) is 19.6 Å². The highest BCUT2D eigenvalue weighted by Gasteiger charge is 2.53. The average Bonchev–Trinajstić information content (AvgIpc) is 3.92. The number of nitrogens with two attached hydrogens (primary N) is 1. The highest BCUT2D eigenvalue weighted by atomic mass is 19.4. The molecule has 20 heteroatoms. The van der Waals surface area contributed by atoms with Gasteiger partial charge < -0.3 is 20.9 Å². The number of esters is 1. The zero-order chi connectivity index (χ0) is 44.9. The summed E-state index contributed by atoms with van der Waals surface area (Å²) in [4.78, 5) is 77.8. The number of aliphatic hydroxyl groups excluding tert-OH is 1. The van der Waals surface area contributed by atoms with Gasteiger partial charge in [-0.3, -0.25) is 34.3 Å². The van der Waals surface area contributed by atoms with Gasteiger partial charge in [-0.15, -0.1) is 0 Å². The summed E-state index contributed by atoms with van der Waals surface area (Å²) in [5.41, 5.74) is 6.52. The lowest BCUT2D eigenvalue weighted by molar-refractivity contribution is -0.216. The normalized spacial score (nSPS) is 16.6. The third-order valence-corrected chi connectivity index (χ3v) is 10.4. The lowest BCUT2D eigenvalue weighted by Crippen LogP contribution is -2.60. The SMILES string of the molecule is CC(C)(C)[C@H](c1nn(-c2cc(F)ccc2F)cc1Cc1ccccc1)[C@H](O)C(=O)NCC[C@H](N)C(=O)NN(CCN1C(=O)C=CC1=O)C(=O)C1(OC(=O)C(F)(F)F)CCCC1. The quantitative estimate of drug-likeness (QED) is 0.0760. The van der Waals surface area contributed by atoms with Gasteiger partial charge in [-0.2, -0.15) is 18.3 Å². The Bertz CT molecular complexity index is 2150.